The van der Waals surface area contributed by atoms with Gasteiger partial charge >= 0.3 is 0 Å². The molecule has 1 fully saturated rings. The van der Waals surface area contributed by atoms with Crippen LogP contribution in [0, 0.1) is 11.8 Å². The Morgan fingerprint density at radius 3 is 2.87 bits per heavy atom. The third-order valence-corrected chi connectivity index (χ3v) is 3.55. The minimum atomic E-state index is 0.757. The number of anilines is 2. The van der Waals surface area contributed by atoms with Crippen molar-refractivity contribution in [2.45, 2.75) is 19.8 Å². The van der Waals surface area contributed by atoms with E-state index in [2.05, 4.69) is 28.2 Å². The summed E-state index contributed by atoms with van der Waals surface area (Å²) in [5, 5.41) is 3.42. The van der Waals surface area contributed by atoms with Gasteiger partial charge in [0.15, 0.2) is 0 Å². The zero-order chi connectivity index (χ0) is 10.8. The summed E-state index contributed by atoms with van der Waals surface area (Å²) >= 11 is 3.40. The van der Waals surface area contributed by atoms with E-state index in [1.807, 2.05) is 18.2 Å². The molecule has 0 amide bonds. The minimum absolute atomic E-state index is 0.757. The molecule has 0 spiro atoms. The van der Waals surface area contributed by atoms with Crippen LogP contribution in [0.3, 0.4) is 0 Å². The molecule has 1 saturated carbocycles. The number of rotatable bonds is 4. The molecule has 0 aliphatic heterocycles. The Bertz CT molecular complexity index is 347. The van der Waals surface area contributed by atoms with Crippen LogP contribution in [0.1, 0.15) is 19.8 Å². The summed E-state index contributed by atoms with van der Waals surface area (Å²) in [5.74, 6) is 1.70. The van der Waals surface area contributed by atoms with Crippen LogP contribution >= 0.6 is 15.9 Å². The second kappa shape index (κ2) is 4.44. The molecule has 15 heavy (non-hydrogen) atoms. The average Bonchev–Trinajstić information content (AvgIpc) is 2.99. The van der Waals surface area contributed by atoms with E-state index in [1.165, 1.54) is 12.8 Å². The minimum Gasteiger partial charge on any atom is -0.397 e. The topological polar surface area (TPSA) is 38.0 Å². The van der Waals surface area contributed by atoms with Crippen LogP contribution in [0.5, 0.6) is 0 Å². The molecule has 1 unspecified atom stereocenters. The van der Waals surface area contributed by atoms with Gasteiger partial charge in [0.1, 0.15) is 0 Å². The second-order valence-electron chi connectivity index (χ2n) is 4.43. The quantitative estimate of drug-likeness (QED) is 0.821. The van der Waals surface area contributed by atoms with Gasteiger partial charge in [0.2, 0.25) is 0 Å². The Hall–Kier alpha value is -0.700. The van der Waals surface area contributed by atoms with Crippen molar-refractivity contribution in [1.29, 1.82) is 0 Å². The van der Waals surface area contributed by atoms with Gasteiger partial charge in [-0.1, -0.05) is 22.9 Å². The summed E-state index contributed by atoms with van der Waals surface area (Å²) in [6, 6.07) is 5.98. The molecule has 1 aliphatic carbocycles. The Morgan fingerprint density at radius 2 is 2.27 bits per heavy atom. The van der Waals surface area contributed by atoms with E-state index in [0.29, 0.717) is 0 Å². The summed E-state index contributed by atoms with van der Waals surface area (Å²) in [6.07, 6.45) is 2.80. The van der Waals surface area contributed by atoms with Gasteiger partial charge in [-0.15, -0.1) is 0 Å². The van der Waals surface area contributed by atoms with Gasteiger partial charge in [0.05, 0.1) is 11.4 Å². The van der Waals surface area contributed by atoms with Crippen LogP contribution in [-0.2, 0) is 0 Å². The molecule has 2 rings (SSSR count). The number of nitrogen functional groups attached to an aromatic ring is 1. The van der Waals surface area contributed by atoms with E-state index in [1.54, 1.807) is 0 Å². The first-order valence-electron chi connectivity index (χ1n) is 5.45. The normalized spacial score (nSPS) is 17.5. The molecule has 0 saturated heterocycles. The van der Waals surface area contributed by atoms with Gasteiger partial charge in [-0.05, 0) is 42.9 Å². The first-order chi connectivity index (χ1) is 7.16. The van der Waals surface area contributed by atoms with Gasteiger partial charge in [-0.2, -0.15) is 0 Å². The number of nitrogens with one attached hydrogen (secondary N) is 1. The lowest BCUT2D eigenvalue weighted by molar-refractivity contribution is 0.537. The van der Waals surface area contributed by atoms with Crippen LogP contribution in [0.2, 0.25) is 0 Å². The van der Waals surface area contributed by atoms with Crippen molar-refractivity contribution in [3.8, 4) is 0 Å². The van der Waals surface area contributed by atoms with E-state index < -0.39 is 0 Å². The molecule has 82 valence electrons. The fourth-order valence-electron chi connectivity index (χ4n) is 1.80. The van der Waals surface area contributed by atoms with E-state index in [4.69, 9.17) is 5.73 Å². The molecule has 2 nitrogen and oxygen atoms in total. The van der Waals surface area contributed by atoms with Crippen LogP contribution < -0.4 is 11.1 Å². The highest BCUT2D eigenvalue weighted by Crippen LogP contribution is 2.36. The molecule has 3 N–H and O–H groups in total. The number of nitrogens with two attached hydrogens (primary N) is 1. The molecule has 1 aromatic rings. The standard InChI is InChI=1S/C12H17BrN2/c1-8(9-2-3-9)7-15-12-5-4-10(13)6-11(12)14/h4-6,8-9,15H,2-3,7,14H2,1H3. The predicted octanol–water partition coefficient (Wildman–Crippen LogP) is 3.49. The summed E-state index contributed by atoms with van der Waals surface area (Å²) < 4.78 is 1.03. The lowest BCUT2D eigenvalue weighted by Gasteiger charge is -2.14. The lowest BCUT2D eigenvalue weighted by atomic mass is 10.1. The molecular weight excluding hydrogens is 252 g/mol. The molecule has 0 heterocycles. The maximum absolute atomic E-state index is 5.91. The van der Waals surface area contributed by atoms with Crippen molar-refractivity contribution in [2.75, 3.05) is 17.6 Å². The van der Waals surface area contributed by atoms with Crippen molar-refractivity contribution in [1.82, 2.24) is 0 Å². The van der Waals surface area contributed by atoms with Crippen molar-refractivity contribution in [2.24, 2.45) is 11.8 Å². The summed E-state index contributed by atoms with van der Waals surface area (Å²) in [4.78, 5) is 0. The molecular formula is C12H17BrN2. The molecule has 0 bridgehead atoms. The average molecular weight is 269 g/mol. The maximum atomic E-state index is 5.91. The molecule has 0 radical (unpaired) electrons. The molecule has 1 aliphatic rings. The molecule has 0 aromatic heterocycles. The van der Waals surface area contributed by atoms with Crippen molar-refractivity contribution < 1.29 is 0 Å². The molecule has 3 heteroatoms. The van der Waals surface area contributed by atoms with E-state index in [-0.39, 0.29) is 0 Å². The zero-order valence-corrected chi connectivity index (χ0v) is 10.5. The summed E-state index contributed by atoms with van der Waals surface area (Å²) in [7, 11) is 0. The van der Waals surface area contributed by atoms with Crippen LogP contribution in [0.25, 0.3) is 0 Å². The van der Waals surface area contributed by atoms with Gasteiger partial charge in [0.25, 0.3) is 0 Å². The highest BCUT2D eigenvalue weighted by atomic mass is 79.9. The first kappa shape index (κ1) is 10.8. The van der Waals surface area contributed by atoms with E-state index in [0.717, 1.165) is 34.2 Å². The largest absolute Gasteiger partial charge is 0.397 e. The zero-order valence-electron chi connectivity index (χ0n) is 8.96. The fraction of sp³-hybridized carbons (Fsp3) is 0.500. The Labute approximate surface area is 99.4 Å². The van der Waals surface area contributed by atoms with Gasteiger partial charge in [-0.25, -0.2) is 0 Å². The van der Waals surface area contributed by atoms with Crippen molar-refractivity contribution in [3.05, 3.63) is 22.7 Å². The Kier molecular flexibility index (Phi) is 3.19. The highest BCUT2D eigenvalue weighted by Gasteiger charge is 2.27. The summed E-state index contributed by atoms with van der Waals surface area (Å²) in [6.45, 7) is 3.33. The third kappa shape index (κ3) is 2.88. The van der Waals surface area contributed by atoms with Crippen LogP contribution in [-0.4, -0.2) is 6.54 Å². The summed E-state index contributed by atoms with van der Waals surface area (Å²) in [5.41, 5.74) is 7.77. The van der Waals surface area contributed by atoms with E-state index >= 15 is 0 Å². The van der Waals surface area contributed by atoms with Gasteiger partial charge < -0.3 is 11.1 Å². The first-order valence-corrected chi connectivity index (χ1v) is 6.25. The number of hydrogen-bond acceptors (Lipinski definition) is 2. The molecule has 1 atom stereocenters. The number of benzene rings is 1. The van der Waals surface area contributed by atoms with Gasteiger partial charge in [-0.3, -0.25) is 0 Å². The third-order valence-electron chi connectivity index (χ3n) is 3.05. The predicted molar refractivity (Wildman–Crippen MR) is 68.9 cm³/mol. The SMILES string of the molecule is CC(CNc1ccc(Br)cc1N)C1CC1. The smallest absolute Gasteiger partial charge is 0.0574 e. The van der Waals surface area contributed by atoms with E-state index in [9.17, 15) is 0 Å². The van der Waals surface area contributed by atoms with Gasteiger partial charge in [0, 0.05) is 11.0 Å². The lowest BCUT2D eigenvalue weighted by Crippen LogP contribution is -2.13. The van der Waals surface area contributed by atoms with Crippen LogP contribution in [0.4, 0.5) is 11.4 Å². The van der Waals surface area contributed by atoms with Crippen LogP contribution in [0.15, 0.2) is 22.7 Å². The number of halogens is 1. The Balaban J connectivity index is 1.92. The second-order valence-corrected chi connectivity index (χ2v) is 5.34. The van der Waals surface area contributed by atoms with Crippen molar-refractivity contribution >= 4 is 27.3 Å². The monoisotopic (exact) mass is 268 g/mol. The fourth-order valence-corrected chi connectivity index (χ4v) is 2.18. The highest BCUT2D eigenvalue weighted by molar-refractivity contribution is 9.10. The molecule has 1 aromatic carbocycles. The maximum Gasteiger partial charge on any atom is 0.0574 e. The van der Waals surface area contributed by atoms with Crippen molar-refractivity contribution in [3.63, 3.8) is 0 Å². The number of hydrogen-bond donors (Lipinski definition) is 2. The Morgan fingerprint density at radius 1 is 1.53 bits per heavy atom.